The Morgan fingerprint density at radius 1 is 0.906 bits per heavy atom. The van der Waals surface area contributed by atoms with Gasteiger partial charge in [-0.3, -0.25) is 19.2 Å². The summed E-state index contributed by atoms with van der Waals surface area (Å²) in [7, 11) is -4.06. The van der Waals surface area contributed by atoms with Gasteiger partial charge in [0.2, 0.25) is 21.8 Å². The second-order valence-corrected chi connectivity index (χ2v) is 8.79. The molecule has 0 aliphatic rings. The van der Waals surface area contributed by atoms with Gasteiger partial charge < -0.3 is 20.6 Å². The van der Waals surface area contributed by atoms with Crippen LogP contribution in [0.1, 0.15) is 13.8 Å². The Bertz CT molecular complexity index is 1390. The summed E-state index contributed by atoms with van der Waals surface area (Å²) in [5.41, 5.74) is -0.324. The minimum atomic E-state index is -4.06. The Morgan fingerprint density at radius 2 is 1.47 bits per heavy atom. The molecule has 3 rings (SSSR count). The summed E-state index contributed by atoms with van der Waals surface area (Å²) >= 11 is 0. The summed E-state index contributed by atoms with van der Waals surface area (Å²) in [6, 6.07) is 10.2. The number of aromatic amines is 2. The molecule has 0 aliphatic heterocycles. The molecule has 0 saturated heterocycles. The molecule has 0 unspecified atom stereocenters. The van der Waals surface area contributed by atoms with E-state index in [-0.39, 0.29) is 28.4 Å². The van der Waals surface area contributed by atoms with Gasteiger partial charge in [-0.05, 0) is 42.5 Å². The van der Waals surface area contributed by atoms with Gasteiger partial charge in [0.15, 0.2) is 0 Å². The van der Waals surface area contributed by atoms with E-state index in [9.17, 15) is 27.6 Å². The fourth-order valence-corrected chi connectivity index (χ4v) is 4.40. The Balaban J connectivity index is 1.78. The summed E-state index contributed by atoms with van der Waals surface area (Å²) in [6.07, 6.45) is 0. The van der Waals surface area contributed by atoms with Gasteiger partial charge in [-0.1, -0.05) is 6.92 Å². The number of carbonyl (C=O) groups excluding carboxylic acids is 2. The molecule has 0 atom stereocenters. The Morgan fingerprint density at radius 3 is 2.03 bits per heavy atom. The molecule has 0 bridgehead atoms. The van der Waals surface area contributed by atoms with E-state index in [2.05, 4.69) is 20.6 Å². The molecule has 0 fully saturated rings. The van der Waals surface area contributed by atoms with E-state index in [0.717, 1.165) is 4.31 Å². The molecule has 1 aromatic heterocycles. The number of rotatable bonds is 7. The molecule has 3 aromatic rings. The van der Waals surface area contributed by atoms with Crippen LogP contribution in [-0.2, 0) is 19.6 Å². The molecule has 1 heterocycles. The highest BCUT2D eigenvalue weighted by atomic mass is 32.2. The summed E-state index contributed by atoms with van der Waals surface area (Å²) in [5, 5.41) is 5.21. The monoisotopic (exact) mass is 459 g/mol. The number of carbonyl (C=O) groups is 2. The molecular weight excluding hydrogens is 438 g/mol. The zero-order valence-electron chi connectivity index (χ0n) is 17.3. The van der Waals surface area contributed by atoms with Gasteiger partial charge in [0.25, 0.3) is 0 Å². The van der Waals surface area contributed by atoms with Crippen molar-refractivity contribution in [3.8, 4) is 0 Å². The highest BCUT2D eigenvalue weighted by Gasteiger charge is 2.26. The van der Waals surface area contributed by atoms with Crippen LogP contribution in [0.4, 0.5) is 11.4 Å². The predicted molar refractivity (Wildman–Crippen MR) is 119 cm³/mol. The summed E-state index contributed by atoms with van der Waals surface area (Å²) in [6.45, 7) is 2.55. The van der Waals surface area contributed by atoms with Gasteiger partial charge in [-0.2, -0.15) is 4.31 Å². The van der Waals surface area contributed by atoms with Gasteiger partial charge >= 0.3 is 11.1 Å². The Hall–Kier alpha value is -3.77. The minimum Gasteiger partial charge on any atom is -0.326 e. The maximum atomic E-state index is 13.0. The van der Waals surface area contributed by atoms with E-state index >= 15 is 0 Å². The van der Waals surface area contributed by atoms with Crippen molar-refractivity contribution in [2.45, 2.75) is 18.7 Å². The van der Waals surface area contributed by atoms with Gasteiger partial charge in [0.1, 0.15) is 0 Å². The number of sulfonamides is 1. The molecule has 2 amide bonds. The van der Waals surface area contributed by atoms with Crippen LogP contribution in [-0.4, -0.2) is 47.6 Å². The maximum Gasteiger partial charge on any atom is 0.314 e. The highest BCUT2D eigenvalue weighted by molar-refractivity contribution is 7.89. The van der Waals surface area contributed by atoms with Crippen LogP contribution in [0.2, 0.25) is 0 Å². The van der Waals surface area contributed by atoms with Crippen molar-refractivity contribution in [1.82, 2.24) is 14.3 Å². The quantitative estimate of drug-likeness (QED) is 0.383. The van der Waals surface area contributed by atoms with Crippen LogP contribution in [0.15, 0.2) is 56.9 Å². The first-order valence-electron chi connectivity index (χ1n) is 9.54. The normalized spacial score (nSPS) is 11.5. The molecule has 11 nitrogen and oxygen atoms in total. The lowest BCUT2D eigenvalue weighted by atomic mass is 10.2. The number of nitrogens with one attached hydrogen (secondary N) is 4. The van der Waals surface area contributed by atoms with Crippen LogP contribution < -0.4 is 21.8 Å². The van der Waals surface area contributed by atoms with Crippen molar-refractivity contribution in [3.05, 3.63) is 63.2 Å². The number of nitrogens with zero attached hydrogens (tertiary/aromatic N) is 1. The summed E-state index contributed by atoms with van der Waals surface area (Å²) in [5.74, 6) is -0.782. The van der Waals surface area contributed by atoms with E-state index in [0.29, 0.717) is 11.4 Å². The van der Waals surface area contributed by atoms with Crippen molar-refractivity contribution in [2.75, 3.05) is 23.7 Å². The Labute approximate surface area is 182 Å². The first kappa shape index (κ1) is 22.9. The van der Waals surface area contributed by atoms with Crippen molar-refractivity contribution in [3.63, 3.8) is 0 Å². The van der Waals surface area contributed by atoms with E-state index < -0.39 is 33.6 Å². The van der Waals surface area contributed by atoms with Gasteiger partial charge in [-0.25, -0.2) is 8.42 Å². The molecule has 2 aromatic carbocycles. The first-order valence-corrected chi connectivity index (χ1v) is 11.0. The Kier molecular flexibility index (Phi) is 6.55. The number of likely N-dealkylation sites (N-methyl/N-ethyl adjacent to an activating group) is 1. The maximum absolute atomic E-state index is 13.0. The van der Waals surface area contributed by atoms with Gasteiger partial charge in [0, 0.05) is 24.8 Å². The van der Waals surface area contributed by atoms with Crippen LogP contribution in [0.5, 0.6) is 0 Å². The average molecular weight is 459 g/mol. The molecule has 0 saturated carbocycles. The topological polar surface area (TPSA) is 161 Å². The number of fused-ring (bicyclic) bond motifs is 1. The molecule has 12 heteroatoms. The third-order valence-corrected chi connectivity index (χ3v) is 6.41. The van der Waals surface area contributed by atoms with Crippen LogP contribution in [0, 0.1) is 0 Å². The largest absolute Gasteiger partial charge is 0.326 e. The third kappa shape index (κ3) is 5.10. The van der Waals surface area contributed by atoms with Crippen molar-refractivity contribution < 1.29 is 18.0 Å². The fraction of sp³-hybridized carbons (Fsp3) is 0.200. The standard InChI is InChI=1S/C20H21N5O6S/c1-3-25(11-18(27)22-14-6-4-13(5-7-14)21-12(2)26)32(30,31)15-8-9-16-17(10-15)24-20(29)19(28)23-16/h4-10H,3,11H2,1-2H3,(H,21,26)(H,22,27)(H,23,28)(H,24,29). The van der Waals surface area contributed by atoms with Crippen LogP contribution in [0.3, 0.4) is 0 Å². The molecule has 4 N–H and O–H groups in total. The first-order chi connectivity index (χ1) is 15.1. The van der Waals surface area contributed by atoms with Crippen molar-refractivity contribution in [1.29, 1.82) is 0 Å². The second-order valence-electron chi connectivity index (χ2n) is 6.85. The smallest absolute Gasteiger partial charge is 0.314 e. The number of aromatic nitrogens is 2. The number of hydrogen-bond donors (Lipinski definition) is 4. The highest BCUT2D eigenvalue weighted by Crippen LogP contribution is 2.19. The fourth-order valence-electron chi connectivity index (χ4n) is 2.97. The van der Waals surface area contributed by atoms with E-state index in [1.807, 2.05) is 0 Å². The predicted octanol–water partition coefficient (Wildman–Crippen LogP) is 0.824. The van der Waals surface area contributed by atoms with Crippen molar-refractivity contribution in [2.24, 2.45) is 0 Å². The zero-order chi connectivity index (χ0) is 23.5. The van der Waals surface area contributed by atoms with E-state index in [1.54, 1.807) is 31.2 Å². The lowest BCUT2D eigenvalue weighted by Gasteiger charge is -2.20. The number of H-pyrrole nitrogens is 2. The van der Waals surface area contributed by atoms with Gasteiger partial charge in [0.05, 0.1) is 22.5 Å². The SMILES string of the molecule is CCN(CC(=O)Nc1ccc(NC(C)=O)cc1)S(=O)(=O)c1ccc2[nH]c(=O)c(=O)[nH]c2c1. The average Bonchev–Trinajstić information content (AvgIpc) is 2.73. The number of benzene rings is 2. The summed E-state index contributed by atoms with van der Waals surface area (Å²) < 4.78 is 27.1. The minimum absolute atomic E-state index is 0.0252. The van der Waals surface area contributed by atoms with Crippen LogP contribution in [0.25, 0.3) is 11.0 Å². The van der Waals surface area contributed by atoms with E-state index in [4.69, 9.17) is 0 Å². The van der Waals surface area contributed by atoms with Crippen LogP contribution >= 0.6 is 0 Å². The molecular formula is C20H21N5O6S. The number of hydrogen-bond acceptors (Lipinski definition) is 6. The molecule has 168 valence electrons. The molecule has 0 radical (unpaired) electrons. The lowest BCUT2D eigenvalue weighted by Crippen LogP contribution is -2.38. The molecule has 32 heavy (non-hydrogen) atoms. The lowest BCUT2D eigenvalue weighted by molar-refractivity contribution is -0.116. The zero-order valence-corrected chi connectivity index (χ0v) is 18.1. The second kappa shape index (κ2) is 9.16. The number of anilines is 2. The van der Waals surface area contributed by atoms with Crippen molar-refractivity contribution >= 4 is 44.2 Å². The summed E-state index contributed by atoms with van der Waals surface area (Å²) in [4.78, 5) is 51.0. The third-order valence-electron chi connectivity index (χ3n) is 4.49. The van der Waals surface area contributed by atoms with Gasteiger partial charge in [-0.15, -0.1) is 0 Å². The van der Waals surface area contributed by atoms with E-state index in [1.165, 1.54) is 25.1 Å². The molecule has 0 spiro atoms. The molecule has 0 aliphatic carbocycles. The number of amides is 2.